The van der Waals surface area contributed by atoms with Crippen LogP contribution in [0, 0.1) is 0 Å². The predicted molar refractivity (Wildman–Crippen MR) is 90.6 cm³/mol. The van der Waals surface area contributed by atoms with Crippen LogP contribution in [0.5, 0.6) is 5.75 Å². The Morgan fingerprint density at radius 3 is 2.54 bits per heavy atom. The summed E-state index contributed by atoms with van der Waals surface area (Å²) in [5.74, 6) is 0.190. The minimum absolute atomic E-state index is 0. The van der Waals surface area contributed by atoms with E-state index in [1.165, 1.54) is 5.56 Å². The van der Waals surface area contributed by atoms with E-state index in [4.69, 9.17) is 0 Å². The predicted octanol–water partition coefficient (Wildman–Crippen LogP) is 3.25. The number of ether oxygens (including phenoxy) is 1. The molecule has 1 aliphatic heterocycles. The van der Waals surface area contributed by atoms with E-state index in [1.54, 1.807) is 24.5 Å². The van der Waals surface area contributed by atoms with Gasteiger partial charge in [-0.2, -0.15) is 8.78 Å². The van der Waals surface area contributed by atoms with Crippen molar-refractivity contribution >= 4 is 12.4 Å². The number of alkyl halides is 2. The summed E-state index contributed by atoms with van der Waals surface area (Å²) >= 11 is 0. The summed E-state index contributed by atoms with van der Waals surface area (Å²) in [7, 11) is 0. The van der Waals surface area contributed by atoms with Crippen molar-refractivity contribution in [3.63, 3.8) is 0 Å². The molecule has 1 aromatic carbocycles. The number of piperazine rings is 1. The third-order valence-corrected chi connectivity index (χ3v) is 3.98. The van der Waals surface area contributed by atoms with E-state index in [2.05, 4.69) is 19.9 Å². The third kappa shape index (κ3) is 4.87. The fourth-order valence-electron chi connectivity index (χ4n) is 2.86. The highest BCUT2D eigenvalue weighted by atomic mass is 35.5. The number of hydrogen-bond donors (Lipinski definition) is 1. The molecule has 130 valence electrons. The molecule has 1 fully saturated rings. The van der Waals surface area contributed by atoms with E-state index < -0.39 is 6.61 Å². The van der Waals surface area contributed by atoms with Crippen LogP contribution in [0.25, 0.3) is 0 Å². The maximum Gasteiger partial charge on any atom is 0.387 e. The standard InChI is InChI=1S/C17H19F2N3O.ClH/c18-17(19)23-15-3-1-13(2-4-15)12-22-10-9-21-11-16(22)14-5-7-20-8-6-14;/h1-8,16-17,21H,9-12H2;1H. The van der Waals surface area contributed by atoms with Gasteiger partial charge in [-0.25, -0.2) is 0 Å². The lowest BCUT2D eigenvalue weighted by Gasteiger charge is -2.36. The average Bonchev–Trinajstić information content (AvgIpc) is 2.57. The summed E-state index contributed by atoms with van der Waals surface area (Å²) in [6.45, 7) is 0.738. The highest BCUT2D eigenvalue weighted by molar-refractivity contribution is 5.85. The number of rotatable bonds is 5. The molecule has 2 aromatic rings. The Bertz CT molecular complexity index is 613. The number of aromatic nitrogens is 1. The van der Waals surface area contributed by atoms with Gasteiger partial charge in [0.2, 0.25) is 0 Å². The van der Waals surface area contributed by atoms with Crippen LogP contribution in [-0.2, 0) is 6.54 Å². The summed E-state index contributed by atoms with van der Waals surface area (Å²) in [5, 5.41) is 3.41. The van der Waals surface area contributed by atoms with E-state index in [0.29, 0.717) is 0 Å². The molecule has 4 nitrogen and oxygen atoms in total. The molecule has 1 saturated heterocycles. The van der Waals surface area contributed by atoms with E-state index in [-0.39, 0.29) is 24.2 Å². The number of halogens is 3. The highest BCUT2D eigenvalue weighted by Gasteiger charge is 2.23. The molecular weight excluding hydrogens is 336 g/mol. The first-order chi connectivity index (χ1) is 11.2. The molecule has 3 rings (SSSR count). The molecule has 0 bridgehead atoms. The summed E-state index contributed by atoms with van der Waals surface area (Å²) in [4.78, 5) is 6.45. The topological polar surface area (TPSA) is 37.4 Å². The van der Waals surface area contributed by atoms with Crippen molar-refractivity contribution in [2.45, 2.75) is 19.2 Å². The lowest BCUT2D eigenvalue weighted by molar-refractivity contribution is -0.0498. The zero-order valence-corrected chi connectivity index (χ0v) is 13.9. The fourth-order valence-corrected chi connectivity index (χ4v) is 2.86. The van der Waals surface area contributed by atoms with Crippen LogP contribution in [0.3, 0.4) is 0 Å². The molecule has 2 heterocycles. The van der Waals surface area contributed by atoms with Crippen molar-refractivity contribution in [2.24, 2.45) is 0 Å². The zero-order chi connectivity index (χ0) is 16.1. The van der Waals surface area contributed by atoms with E-state index in [9.17, 15) is 8.78 Å². The van der Waals surface area contributed by atoms with Gasteiger partial charge in [0.15, 0.2) is 0 Å². The molecule has 0 aliphatic carbocycles. The Morgan fingerprint density at radius 1 is 1.17 bits per heavy atom. The molecule has 7 heteroatoms. The van der Waals surface area contributed by atoms with E-state index in [0.717, 1.165) is 31.7 Å². The Hall–Kier alpha value is -1.76. The second-order valence-electron chi connectivity index (χ2n) is 5.49. The fraction of sp³-hybridized carbons (Fsp3) is 0.353. The van der Waals surface area contributed by atoms with Crippen molar-refractivity contribution in [2.75, 3.05) is 19.6 Å². The lowest BCUT2D eigenvalue weighted by Crippen LogP contribution is -2.45. The molecule has 0 spiro atoms. The minimum Gasteiger partial charge on any atom is -0.435 e. The zero-order valence-electron chi connectivity index (χ0n) is 13.1. The average molecular weight is 356 g/mol. The number of nitrogens with one attached hydrogen (secondary N) is 1. The van der Waals surface area contributed by atoms with Gasteiger partial charge in [-0.05, 0) is 35.4 Å². The quantitative estimate of drug-likeness (QED) is 0.893. The first-order valence-corrected chi connectivity index (χ1v) is 7.61. The van der Waals surface area contributed by atoms with Gasteiger partial charge in [0.1, 0.15) is 5.75 Å². The molecule has 0 saturated carbocycles. The SMILES string of the molecule is Cl.FC(F)Oc1ccc(CN2CCNCC2c2ccncc2)cc1. The second-order valence-corrected chi connectivity index (χ2v) is 5.49. The van der Waals surface area contributed by atoms with Crippen LogP contribution in [0.2, 0.25) is 0 Å². The molecule has 1 atom stereocenters. The summed E-state index contributed by atoms with van der Waals surface area (Å²) < 4.78 is 28.8. The molecule has 1 aromatic heterocycles. The third-order valence-electron chi connectivity index (χ3n) is 3.98. The maximum absolute atomic E-state index is 12.2. The number of benzene rings is 1. The minimum atomic E-state index is -2.79. The van der Waals surface area contributed by atoms with Gasteiger partial charge in [0, 0.05) is 44.6 Å². The van der Waals surface area contributed by atoms with Crippen molar-refractivity contribution in [3.05, 3.63) is 59.9 Å². The maximum atomic E-state index is 12.2. The van der Waals surface area contributed by atoms with Crippen LogP contribution in [0.4, 0.5) is 8.78 Å². The van der Waals surface area contributed by atoms with Crippen LogP contribution < -0.4 is 10.1 Å². The first-order valence-electron chi connectivity index (χ1n) is 7.61. The summed E-state index contributed by atoms with van der Waals surface area (Å²) in [6, 6.07) is 11.2. The van der Waals surface area contributed by atoms with Crippen molar-refractivity contribution in [1.29, 1.82) is 0 Å². The molecule has 24 heavy (non-hydrogen) atoms. The molecule has 1 N–H and O–H groups in total. The van der Waals surface area contributed by atoms with Gasteiger partial charge < -0.3 is 10.1 Å². The van der Waals surface area contributed by atoms with E-state index >= 15 is 0 Å². The Balaban J connectivity index is 0.00000208. The smallest absolute Gasteiger partial charge is 0.387 e. The monoisotopic (exact) mass is 355 g/mol. The Labute approximate surface area is 146 Å². The first kappa shape index (κ1) is 18.6. The largest absolute Gasteiger partial charge is 0.435 e. The number of nitrogens with zero attached hydrogens (tertiary/aromatic N) is 2. The van der Waals surface area contributed by atoms with Crippen molar-refractivity contribution < 1.29 is 13.5 Å². The van der Waals surface area contributed by atoms with Crippen LogP contribution in [0.15, 0.2) is 48.8 Å². The number of hydrogen-bond acceptors (Lipinski definition) is 4. The Morgan fingerprint density at radius 2 is 1.88 bits per heavy atom. The molecule has 0 radical (unpaired) electrons. The normalized spacial score (nSPS) is 18.2. The highest BCUT2D eigenvalue weighted by Crippen LogP contribution is 2.24. The lowest BCUT2D eigenvalue weighted by atomic mass is 10.0. The number of pyridine rings is 1. The van der Waals surface area contributed by atoms with Crippen LogP contribution in [-0.4, -0.2) is 36.1 Å². The molecular formula is C17H20ClF2N3O. The van der Waals surface area contributed by atoms with Gasteiger partial charge in [0.05, 0.1) is 0 Å². The van der Waals surface area contributed by atoms with Gasteiger partial charge in [0.25, 0.3) is 0 Å². The van der Waals surface area contributed by atoms with Crippen molar-refractivity contribution in [3.8, 4) is 5.75 Å². The Kier molecular flexibility index (Phi) is 6.90. The van der Waals surface area contributed by atoms with Gasteiger partial charge in [-0.15, -0.1) is 12.4 Å². The molecule has 1 aliphatic rings. The van der Waals surface area contributed by atoms with Gasteiger partial charge in [-0.3, -0.25) is 9.88 Å². The molecule has 0 amide bonds. The van der Waals surface area contributed by atoms with Gasteiger partial charge >= 0.3 is 6.61 Å². The van der Waals surface area contributed by atoms with Gasteiger partial charge in [-0.1, -0.05) is 12.1 Å². The van der Waals surface area contributed by atoms with E-state index in [1.807, 2.05) is 24.3 Å². The second kappa shape index (κ2) is 8.92. The summed E-state index contributed by atoms with van der Waals surface area (Å²) in [5.41, 5.74) is 2.30. The van der Waals surface area contributed by atoms with Crippen molar-refractivity contribution in [1.82, 2.24) is 15.2 Å². The summed E-state index contributed by atoms with van der Waals surface area (Å²) in [6.07, 6.45) is 3.61. The van der Waals surface area contributed by atoms with Crippen LogP contribution >= 0.6 is 12.4 Å². The van der Waals surface area contributed by atoms with Crippen LogP contribution in [0.1, 0.15) is 17.2 Å². The molecule has 1 unspecified atom stereocenters.